The normalized spacial score (nSPS) is 25.4. The third-order valence-electron chi connectivity index (χ3n) is 7.98. The number of nitrogens with zero attached hydrogens (tertiary/aromatic N) is 2. The number of amides is 1. The molecule has 1 saturated heterocycles. The van der Waals surface area contributed by atoms with Gasteiger partial charge >= 0.3 is 6.18 Å². The van der Waals surface area contributed by atoms with E-state index in [9.17, 15) is 27.5 Å². The summed E-state index contributed by atoms with van der Waals surface area (Å²) in [6.45, 7) is 0.242. The van der Waals surface area contributed by atoms with Crippen molar-refractivity contribution < 1.29 is 27.5 Å². The van der Waals surface area contributed by atoms with Gasteiger partial charge in [-0.25, -0.2) is 9.37 Å². The maximum atomic E-state index is 14.4. The third-order valence-corrected chi connectivity index (χ3v) is 7.98. The van der Waals surface area contributed by atoms with Crippen molar-refractivity contribution in [1.29, 1.82) is 0 Å². The van der Waals surface area contributed by atoms with E-state index in [0.717, 1.165) is 36.2 Å². The lowest BCUT2D eigenvalue weighted by molar-refractivity contribution is -0.268. The number of rotatable bonds is 3. The summed E-state index contributed by atoms with van der Waals surface area (Å²) < 4.78 is 56.4. The summed E-state index contributed by atoms with van der Waals surface area (Å²) in [6.07, 6.45) is -2.09. The minimum atomic E-state index is -4.88. The van der Waals surface area contributed by atoms with Gasteiger partial charge in [-0.05, 0) is 71.2 Å². The van der Waals surface area contributed by atoms with Crippen LogP contribution in [0.15, 0.2) is 60.8 Å². The van der Waals surface area contributed by atoms with E-state index in [4.69, 9.17) is 0 Å². The van der Waals surface area contributed by atoms with Gasteiger partial charge in [0.05, 0.1) is 6.20 Å². The Balaban J connectivity index is 1.40. The third kappa shape index (κ3) is 3.53. The molecule has 0 bridgehead atoms. The molecule has 8 heteroatoms. The van der Waals surface area contributed by atoms with Crippen LogP contribution in [-0.4, -0.2) is 40.2 Å². The average Bonchev–Trinajstić information content (AvgIpc) is 3.57. The van der Waals surface area contributed by atoms with E-state index in [2.05, 4.69) is 4.98 Å². The number of halogens is 4. The second kappa shape index (κ2) is 7.87. The summed E-state index contributed by atoms with van der Waals surface area (Å²) in [7, 11) is 0. The average molecular weight is 497 g/mol. The van der Waals surface area contributed by atoms with Gasteiger partial charge in [-0.3, -0.25) is 4.79 Å². The van der Waals surface area contributed by atoms with E-state index in [-0.39, 0.29) is 30.8 Å². The van der Waals surface area contributed by atoms with Crippen LogP contribution >= 0.6 is 0 Å². The molecule has 2 unspecified atom stereocenters. The first-order chi connectivity index (χ1) is 17.1. The molecule has 186 valence electrons. The van der Waals surface area contributed by atoms with E-state index in [1.165, 1.54) is 17.0 Å². The monoisotopic (exact) mass is 496 g/mol. The van der Waals surface area contributed by atoms with Crippen LogP contribution in [0.2, 0.25) is 0 Å². The van der Waals surface area contributed by atoms with Crippen LogP contribution in [0.25, 0.3) is 11.1 Å². The quantitative estimate of drug-likeness (QED) is 0.473. The molecule has 1 N–H and O–H groups in total. The molecule has 4 nitrogen and oxygen atoms in total. The Hall–Kier alpha value is -3.26. The predicted molar refractivity (Wildman–Crippen MR) is 125 cm³/mol. The minimum absolute atomic E-state index is 0.0221. The topological polar surface area (TPSA) is 53.4 Å². The number of pyridine rings is 1. The summed E-state index contributed by atoms with van der Waals surface area (Å²) in [6, 6.07) is 15.1. The summed E-state index contributed by atoms with van der Waals surface area (Å²) in [5.74, 6) is -0.633. The van der Waals surface area contributed by atoms with Crippen LogP contribution in [-0.2, 0) is 11.0 Å². The van der Waals surface area contributed by atoms with Crippen molar-refractivity contribution in [3.63, 3.8) is 0 Å². The Morgan fingerprint density at radius 2 is 1.83 bits per heavy atom. The summed E-state index contributed by atoms with van der Waals surface area (Å²) in [5, 5.41) is 11.2. The van der Waals surface area contributed by atoms with Gasteiger partial charge in [0.15, 0.2) is 5.60 Å². The van der Waals surface area contributed by atoms with Crippen LogP contribution in [0, 0.1) is 5.82 Å². The molecule has 0 radical (unpaired) electrons. The lowest BCUT2D eigenvalue weighted by Gasteiger charge is -2.30. The van der Waals surface area contributed by atoms with E-state index in [1.807, 2.05) is 30.3 Å². The fraction of sp³-hybridized carbons (Fsp3) is 0.357. The van der Waals surface area contributed by atoms with Crippen LogP contribution < -0.4 is 0 Å². The standard InChI is InChI=1S/C28H24F4N2O2/c29-19-8-10-24(33-14-19)25(35)34-12-11-26(16-34)15-27(36,28(30,31)32)23-13-18(7-9-22(23)26)21-4-2-1-3-20(21)17-5-6-17/h1-4,7-10,13-14,17,36H,5-6,11-12,15-16H2. The molecule has 2 aliphatic carbocycles. The van der Waals surface area contributed by atoms with Crippen molar-refractivity contribution in [2.75, 3.05) is 13.1 Å². The van der Waals surface area contributed by atoms with Gasteiger partial charge in [0, 0.05) is 24.9 Å². The summed E-state index contributed by atoms with van der Waals surface area (Å²) >= 11 is 0. The van der Waals surface area contributed by atoms with Gasteiger partial charge in [0.2, 0.25) is 0 Å². The Morgan fingerprint density at radius 1 is 1.06 bits per heavy atom. The van der Waals surface area contributed by atoms with Crippen molar-refractivity contribution in [3.05, 3.63) is 89.0 Å². The molecule has 3 aromatic rings. The first-order valence-corrected chi connectivity index (χ1v) is 12.1. The fourth-order valence-electron chi connectivity index (χ4n) is 6.03. The highest BCUT2D eigenvalue weighted by molar-refractivity contribution is 5.92. The molecular formula is C28H24F4N2O2. The number of aliphatic hydroxyl groups is 1. The number of carbonyl (C=O) groups is 1. The summed E-state index contributed by atoms with van der Waals surface area (Å²) in [5.41, 5.74) is -1.07. The molecule has 2 aromatic carbocycles. The fourth-order valence-corrected chi connectivity index (χ4v) is 6.03. The number of carbonyl (C=O) groups excluding carboxylic acids is 1. The van der Waals surface area contributed by atoms with Crippen molar-refractivity contribution in [2.24, 2.45) is 0 Å². The zero-order valence-corrected chi connectivity index (χ0v) is 19.4. The van der Waals surface area contributed by atoms with Gasteiger partial charge < -0.3 is 10.0 Å². The van der Waals surface area contributed by atoms with E-state index < -0.39 is 35.3 Å². The smallest absolute Gasteiger partial charge is 0.376 e. The number of benzene rings is 2. The number of hydrogen-bond donors (Lipinski definition) is 1. The first-order valence-electron chi connectivity index (χ1n) is 12.1. The highest BCUT2D eigenvalue weighted by atomic mass is 19.4. The second-order valence-electron chi connectivity index (χ2n) is 10.3. The zero-order valence-electron chi connectivity index (χ0n) is 19.4. The molecule has 2 atom stereocenters. The van der Waals surface area contributed by atoms with Gasteiger partial charge in [-0.2, -0.15) is 13.2 Å². The van der Waals surface area contributed by atoms with E-state index in [1.54, 1.807) is 6.07 Å². The Kier molecular flexibility index (Phi) is 5.06. The molecular weight excluding hydrogens is 472 g/mol. The van der Waals surface area contributed by atoms with E-state index >= 15 is 0 Å². The maximum absolute atomic E-state index is 14.4. The van der Waals surface area contributed by atoms with Crippen molar-refractivity contribution in [3.8, 4) is 11.1 Å². The van der Waals surface area contributed by atoms with Crippen LogP contribution in [0.4, 0.5) is 17.6 Å². The van der Waals surface area contributed by atoms with Crippen LogP contribution in [0.1, 0.15) is 58.8 Å². The number of fused-ring (bicyclic) bond motifs is 2. The van der Waals surface area contributed by atoms with Crippen LogP contribution in [0.3, 0.4) is 0 Å². The zero-order chi connectivity index (χ0) is 25.3. The lowest BCUT2D eigenvalue weighted by Crippen LogP contribution is -2.43. The van der Waals surface area contributed by atoms with Crippen molar-refractivity contribution in [2.45, 2.75) is 48.8 Å². The summed E-state index contributed by atoms with van der Waals surface area (Å²) in [4.78, 5) is 18.2. The molecule has 6 rings (SSSR count). The molecule has 1 saturated carbocycles. The number of aromatic nitrogens is 1. The van der Waals surface area contributed by atoms with Gasteiger partial charge in [-0.1, -0.05) is 36.4 Å². The van der Waals surface area contributed by atoms with Crippen molar-refractivity contribution >= 4 is 5.91 Å². The molecule has 1 amide bonds. The molecule has 1 aromatic heterocycles. The highest BCUT2D eigenvalue weighted by Gasteiger charge is 2.65. The predicted octanol–water partition coefficient (Wildman–Crippen LogP) is 5.70. The maximum Gasteiger partial charge on any atom is 0.421 e. The molecule has 1 spiro atoms. The SMILES string of the molecule is O=C(c1ccc(F)cn1)N1CCC2(C1)CC(O)(C(F)(F)F)c1cc(-c3ccccc3C3CC3)ccc12. The number of alkyl halides is 3. The van der Waals surface area contributed by atoms with Crippen LogP contribution in [0.5, 0.6) is 0 Å². The Bertz CT molecular complexity index is 1350. The molecule has 36 heavy (non-hydrogen) atoms. The van der Waals surface area contributed by atoms with Crippen molar-refractivity contribution in [1.82, 2.24) is 9.88 Å². The van der Waals surface area contributed by atoms with E-state index in [0.29, 0.717) is 17.0 Å². The molecule has 2 fully saturated rings. The highest BCUT2D eigenvalue weighted by Crippen LogP contribution is 2.59. The van der Waals surface area contributed by atoms with Gasteiger partial charge in [0.1, 0.15) is 11.5 Å². The number of hydrogen-bond acceptors (Lipinski definition) is 3. The lowest BCUT2D eigenvalue weighted by atomic mass is 9.79. The Labute approximate surface area is 205 Å². The van der Waals surface area contributed by atoms with Gasteiger partial charge in [0.25, 0.3) is 5.91 Å². The molecule has 3 aliphatic rings. The largest absolute Gasteiger partial charge is 0.421 e. The second-order valence-corrected chi connectivity index (χ2v) is 10.3. The molecule has 1 aliphatic heterocycles. The minimum Gasteiger partial charge on any atom is -0.376 e. The molecule has 2 heterocycles. The first kappa shape index (κ1) is 23.2. The van der Waals surface area contributed by atoms with Gasteiger partial charge in [-0.15, -0.1) is 0 Å². The number of likely N-dealkylation sites (tertiary alicyclic amines) is 1. The Morgan fingerprint density at radius 3 is 2.53 bits per heavy atom.